The molecular formula is C20H26O2S2. The summed E-state index contributed by atoms with van der Waals surface area (Å²) in [7, 11) is 0. The molecule has 0 aliphatic rings. The average molecular weight is 363 g/mol. The van der Waals surface area contributed by atoms with Gasteiger partial charge in [0.05, 0.1) is 13.2 Å². The second-order valence-corrected chi connectivity index (χ2v) is 6.61. The summed E-state index contributed by atoms with van der Waals surface area (Å²) in [4.78, 5) is 0. The van der Waals surface area contributed by atoms with Gasteiger partial charge in [0, 0.05) is 5.92 Å². The van der Waals surface area contributed by atoms with Crippen molar-refractivity contribution < 1.29 is 9.47 Å². The van der Waals surface area contributed by atoms with E-state index in [0.29, 0.717) is 19.1 Å². The number of thiol groups is 2. The molecule has 2 rings (SSSR count). The van der Waals surface area contributed by atoms with Gasteiger partial charge in [0.15, 0.2) is 0 Å². The van der Waals surface area contributed by atoms with Gasteiger partial charge < -0.3 is 9.47 Å². The maximum absolute atomic E-state index is 5.68. The van der Waals surface area contributed by atoms with Gasteiger partial charge in [-0.1, -0.05) is 31.2 Å². The van der Waals surface area contributed by atoms with E-state index in [4.69, 9.17) is 9.47 Å². The molecule has 0 aliphatic heterocycles. The van der Waals surface area contributed by atoms with Gasteiger partial charge in [0.1, 0.15) is 11.5 Å². The van der Waals surface area contributed by atoms with Crippen molar-refractivity contribution in [2.45, 2.75) is 25.7 Å². The monoisotopic (exact) mass is 362 g/mol. The summed E-state index contributed by atoms with van der Waals surface area (Å²) in [5.74, 6) is 3.87. The zero-order valence-corrected chi connectivity index (χ0v) is 15.9. The lowest BCUT2D eigenvalue weighted by atomic mass is 9.93. The number of hydrogen-bond acceptors (Lipinski definition) is 4. The molecule has 0 aliphatic carbocycles. The first-order valence-electron chi connectivity index (χ1n) is 8.42. The van der Waals surface area contributed by atoms with Crippen molar-refractivity contribution in [3.05, 3.63) is 59.7 Å². The van der Waals surface area contributed by atoms with Crippen molar-refractivity contribution in [1.82, 2.24) is 0 Å². The lowest BCUT2D eigenvalue weighted by Crippen LogP contribution is -2.00. The molecule has 0 radical (unpaired) electrons. The first-order chi connectivity index (χ1) is 11.7. The summed E-state index contributed by atoms with van der Waals surface area (Å²) >= 11 is 8.38. The molecule has 130 valence electrons. The fourth-order valence-electron chi connectivity index (χ4n) is 2.41. The SMILES string of the molecule is CC(c1ccc(OCCCS)cc1)c1ccc(OCCCS)cc1. The largest absolute Gasteiger partial charge is 0.494 e. The van der Waals surface area contributed by atoms with Crippen LogP contribution in [0.2, 0.25) is 0 Å². The Morgan fingerprint density at radius 1 is 0.708 bits per heavy atom. The Bertz CT molecular complexity index is 528. The molecule has 2 nitrogen and oxygen atoms in total. The Morgan fingerprint density at radius 2 is 1.08 bits per heavy atom. The maximum Gasteiger partial charge on any atom is 0.119 e. The highest BCUT2D eigenvalue weighted by Gasteiger charge is 2.09. The Hall–Kier alpha value is -1.26. The van der Waals surface area contributed by atoms with E-state index >= 15 is 0 Å². The fraction of sp³-hybridized carbons (Fsp3) is 0.400. The van der Waals surface area contributed by atoms with Crippen LogP contribution in [0.5, 0.6) is 11.5 Å². The van der Waals surface area contributed by atoms with E-state index in [1.165, 1.54) is 11.1 Å². The molecule has 0 saturated carbocycles. The van der Waals surface area contributed by atoms with Gasteiger partial charge in [0.25, 0.3) is 0 Å². The molecular weight excluding hydrogens is 336 g/mol. The van der Waals surface area contributed by atoms with Gasteiger partial charge >= 0.3 is 0 Å². The van der Waals surface area contributed by atoms with Gasteiger partial charge in [0.2, 0.25) is 0 Å². The van der Waals surface area contributed by atoms with Crippen LogP contribution in [0, 0.1) is 0 Å². The summed E-state index contributed by atoms with van der Waals surface area (Å²) in [5, 5.41) is 0. The van der Waals surface area contributed by atoms with Crippen LogP contribution in [-0.2, 0) is 0 Å². The summed E-state index contributed by atoms with van der Waals surface area (Å²) in [5.41, 5.74) is 2.56. The molecule has 0 N–H and O–H groups in total. The lowest BCUT2D eigenvalue weighted by molar-refractivity contribution is 0.319. The lowest BCUT2D eigenvalue weighted by Gasteiger charge is -2.14. The molecule has 0 atom stereocenters. The van der Waals surface area contributed by atoms with E-state index < -0.39 is 0 Å². The zero-order chi connectivity index (χ0) is 17.2. The molecule has 0 fully saturated rings. The number of benzene rings is 2. The topological polar surface area (TPSA) is 18.5 Å². The van der Waals surface area contributed by atoms with Crippen molar-refractivity contribution in [2.75, 3.05) is 24.7 Å². The highest BCUT2D eigenvalue weighted by molar-refractivity contribution is 7.80. The normalized spacial score (nSPS) is 10.8. The summed E-state index contributed by atoms with van der Waals surface area (Å²) in [6.07, 6.45) is 1.92. The smallest absolute Gasteiger partial charge is 0.119 e. The van der Waals surface area contributed by atoms with Crippen molar-refractivity contribution in [3.63, 3.8) is 0 Å². The van der Waals surface area contributed by atoms with E-state index in [1.807, 2.05) is 24.3 Å². The third-order valence-electron chi connectivity index (χ3n) is 3.90. The summed E-state index contributed by atoms with van der Waals surface area (Å²) < 4.78 is 11.4. The highest BCUT2D eigenvalue weighted by atomic mass is 32.1. The van der Waals surface area contributed by atoms with E-state index in [0.717, 1.165) is 35.8 Å². The molecule has 24 heavy (non-hydrogen) atoms. The highest BCUT2D eigenvalue weighted by Crippen LogP contribution is 2.27. The maximum atomic E-state index is 5.68. The van der Waals surface area contributed by atoms with Gasteiger partial charge in [-0.2, -0.15) is 25.3 Å². The van der Waals surface area contributed by atoms with E-state index in [9.17, 15) is 0 Å². The Balaban J connectivity index is 1.93. The van der Waals surface area contributed by atoms with Crippen LogP contribution >= 0.6 is 25.3 Å². The van der Waals surface area contributed by atoms with Gasteiger partial charge in [-0.3, -0.25) is 0 Å². The Labute approximate surface area is 156 Å². The van der Waals surface area contributed by atoms with Crippen molar-refractivity contribution in [2.24, 2.45) is 0 Å². The fourth-order valence-corrected chi connectivity index (χ4v) is 2.67. The first kappa shape index (κ1) is 19.1. The molecule has 0 bridgehead atoms. The van der Waals surface area contributed by atoms with Gasteiger partial charge in [-0.25, -0.2) is 0 Å². The molecule has 2 aromatic carbocycles. The Kier molecular flexibility index (Phi) is 8.40. The van der Waals surface area contributed by atoms with Gasteiger partial charge in [-0.15, -0.1) is 0 Å². The van der Waals surface area contributed by atoms with E-state index in [2.05, 4.69) is 56.4 Å². The average Bonchev–Trinajstić information content (AvgIpc) is 2.63. The van der Waals surface area contributed by atoms with Crippen molar-refractivity contribution in [1.29, 1.82) is 0 Å². The van der Waals surface area contributed by atoms with Gasteiger partial charge in [-0.05, 0) is 59.7 Å². The van der Waals surface area contributed by atoms with Crippen LogP contribution in [0.25, 0.3) is 0 Å². The van der Waals surface area contributed by atoms with Crippen LogP contribution in [0.1, 0.15) is 36.8 Å². The molecule has 0 aromatic heterocycles. The zero-order valence-electron chi connectivity index (χ0n) is 14.1. The second-order valence-electron chi connectivity index (χ2n) is 5.71. The molecule has 0 saturated heterocycles. The van der Waals surface area contributed by atoms with Crippen LogP contribution in [0.3, 0.4) is 0 Å². The van der Waals surface area contributed by atoms with Crippen LogP contribution < -0.4 is 9.47 Å². The third kappa shape index (κ3) is 5.99. The number of hydrogen-bond donors (Lipinski definition) is 2. The minimum atomic E-state index is 0.336. The quantitative estimate of drug-likeness (QED) is 0.445. The second kappa shape index (κ2) is 10.6. The number of ether oxygens (including phenoxy) is 2. The van der Waals surface area contributed by atoms with Crippen LogP contribution in [-0.4, -0.2) is 24.7 Å². The minimum Gasteiger partial charge on any atom is -0.494 e. The first-order valence-corrected chi connectivity index (χ1v) is 9.68. The van der Waals surface area contributed by atoms with E-state index in [-0.39, 0.29) is 0 Å². The molecule has 4 heteroatoms. The molecule has 0 amide bonds. The molecule has 0 spiro atoms. The van der Waals surface area contributed by atoms with E-state index in [1.54, 1.807) is 0 Å². The van der Waals surface area contributed by atoms with Crippen molar-refractivity contribution in [3.8, 4) is 11.5 Å². The predicted octanol–water partition coefficient (Wildman–Crippen LogP) is 5.24. The molecule has 0 unspecified atom stereocenters. The summed E-state index contributed by atoms with van der Waals surface area (Å²) in [6.45, 7) is 3.65. The van der Waals surface area contributed by atoms with Crippen molar-refractivity contribution >= 4 is 25.3 Å². The number of rotatable bonds is 10. The molecule has 2 aromatic rings. The standard InChI is InChI=1S/C20H26O2S2/c1-16(17-4-8-19(9-5-17)21-12-2-14-23)18-6-10-20(11-7-18)22-13-3-15-24/h4-11,16,23-24H,2-3,12-15H2,1H3. The Morgan fingerprint density at radius 3 is 1.42 bits per heavy atom. The summed E-state index contributed by atoms with van der Waals surface area (Å²) in [6, 6.07) is 16.7. The minimum absolute atomic E-state index is 0.336. The predicted molar refractivity (Wildman–Crippen MR) is 108 cm³/mol. The third-order valence-corrected chi connectivity index (χ3v) is 4.54. The van der Waals surface area contributed by atoms with Crippen LogP contribution in [0.15, 0.2) is 48.5 Å². The molecule has 0 heterocycles. The van der Waals surface area contributed by atoms with Crippen LogP contribution in [0.4, 0.5) is 0 Å².